The standard InChI is InChI=1S/C7H15ClO3/c1-2-7(8)11-6-5-10-4-3-9/h7,9H,2-6H2,1H3. The van der Waals surface area contributed by atoms with Gasteiger partial charge in [-0.3, -0.25) is 0 Å². The minimum Gasteiger partial charge on any atom is -0.394 e. The summed E-state index contributed by atoms with van der Waals surface area (Å²) in [5.74, 6) is 0. The minimum atomic E-state index is -0.215. The van der Waals surface area contributed by atoms with Gasteiger partial charge in [-0.1, -0.05) is 18.5 Å². The van der Waals surface area contributed by atoms with Gasteiger partial charge < -0.3 is 14.6 Å². The monoisotopic (exact) mass is 182 g/mol. The lowest BCUT2D eigenvalue weighted by Gasteiger charge is -2.07. The van der Waals surface area contributed by atoms with Crippen molar-refractivity contribution in [2.45, 2.75) is 18.9 Å². The maximum Gasteiger partial charge on any atom is 0.131 e. The molecule has 1 unspecified atom stereocenters. The van der Waals surface area contributed by atoms with Gasteiger partial charge in [0.05, 0.1) is 26.4 Å². The van der Waals surface area contributed by atoms with Gasteiger partial charge in [0.25, 0.3) is 0 Å². The molecule has 0 bridgehead atoms. The zero-order chi connectivity index (χ0) is 8.53. The van der Waals surface area contributed by atoms with Crippen molar-refractivity contribution in [2.24, 2.45) is 0 Å². The zero-order valence-corrected chi connectivity index (χ0v) is 7.51. The van der Waals surface area contributed by atoms with Crippen LogP contribution in [0, 0.1) is 0 Å². The van der Waals surface area contributed by atoms with Crippen LogP contribution in [0.25, 0.3) is 0 Å². The van der Waals surface area contributed by atoms with Crippen molar-refractivity contribution in [2.75, 3.05) is 26.4 Å². The van der Waals surface area contributed by atoms with Crippen LogP contribution < -0.4 is 0 Å². The molecule has 0 radical (unpaired) electrons. The molecule has 0 rings (SSSR count). The van der Waals surface area contributed by atoms with E-state index in [2.05, 4.69) is 0 Å². The first-order chi connectivity index (χ1) is 5.31. The Balaban J connectivity index is 2.89. The second kappa shape index (κ2) is 8.27. The van der Waals surface area contributed by atoms with Gasteiger partial charge in [-0.15, -0.1) is 0 Å². The van der Waals surface area contributed by atoms with E-state index in [1.54, 1.807) is 0 Å². The van der Waals surface area contributed by atoms with Gasteiger partial charge in [-0.2, -0.15) is 0 Å². The molecule has 0 aromatic heterocycles. The molecule has 0 aliphatic heterocycles. The Morgan fingerprint density at radius 1 is 1.36 bits per heavy atom. The summed E-state index contributed by atoms with van der Waals surface area (Å²) >= 11 is 5.65. The topological polar surface area (TPSA) is 38.7 Å². The highest BCUT2D eigenvalue weighted by Gasteiger charge is 1.98. The van der Waals surface area contributed by atoms with Gasteiger partial charge in [0.15, 0.2) is 0 Å². The maximum absolute atomic E-state index is 8.33. The SMILES string of the molecule is CCC(Cl)OCCOCCO. The molecular formula is C7H15ClO3. The summed E-state index contributed by atoms with van der Waals surface area (Å²) in [5.41, 5.74) is -0.215. The van der Waals surface area contributed by atoms with Crippen molar-refractivity contribution in [3.63, 3.8) is 0 Å². The van der Waals surface area contributed by atoms with E-state index in [0.29, 0.717) is 19.8 Å². The van der Waals surface area contributed by atoms with Crippen LogP contribution in [-0.4, -0.2) is 37.1 Å². The Bertz CT molecular complexity index is 80.1. The fourth-order valence-corrected chi connectivity index (χ4v) is 0.608. The Hall–Kier alpha value is 0.170. The van der Waals surface area contributed by atoms with Crippen LogP contribution in [0.2, 0.25) is 0 Å². The van der Waals surface area contributed by atoms with Crippen LogP contribution in [0.3, 0.4) is 0 Å². The molecular weight excluding hydrogens is 168 g/mol. The summed E-state index contributed by atoms with van der Waals surface area (Å²) in [6.45, 7) is 3.35. The number of hydrogen-bond acceptors (Lipinski definition) is 3. The average molecular weight is 183 g/mol. The lowest BCUT2D eigenvalue weighted by Crippen LogP contribution is -2.11. The summed E-state index contributed by atoms with van der Waals surface area (Å²) in [6.07, 6.45) is 0.793. The third-order valence-electron chi connectivity index (χ3n) is 1.08. The van der Waals surface area contributed by atoms with Gasteiger partial charge in [0.2, 0.25) is 0 Å². The fourth-order valence-electron chi connectivity index (χ4n) is 0.519. The summed E-state index contributed by atoms with van der Waals surface area (Å²) < 4.78 is 10.0. The van der Waals surface area contributed by atoms with Crippen molar-refractivity contribution >= 4 is 11.6 Å². The van der Waals surface area contributed by atoms with Crippen LogP contribution >= 0.6 is 11.6 Å². The molecule has 0 aromatic rings. The molecule has 11 heavy (non-hydrogen) atoms. The summed E-state index contributed by atoms with van der Waals surface area (Å²) in [6, 6.07) is 0. The molecule has 4 heteroatoms. The van der Waals surface area contributed by atoms with Gasteiger partial charge in [0, 0.05) is 0 Å². The van der Waals surface area contributed by atoms with E-state index in [1.165, 1.54) is 0 Å². The fraction of sp³-hybridized carbons (Fsp3) is 1.00. The van der Waals surface area contributed by atoms with Crippen LogP contribution in [0.4, 0.5) is 0 Å². The molecule has 3 nitrogen and oxygen atoms in total. The molecule has 0 saturated heterocycles. The van der Waals surface area contributed by atoms with Crippen molar-refractivity contribution in [3.8, 4) is 0 Å². The lowest BCUT2D eigenvalue weighted by atomic mass is 10.5. The third-order valence-corrected chi connectivity index (χ3v) is 1.52. The largest absolute Gasteiger partial charge is 0.394 e. The van der Waals surface area contributed by atoms with Crippen LogP contribution in [0.1, 0.15) is 13.3 Å². The van der Waals surface area contributed by atoms with Crippen LogP contribution in [-0.2, 0) is 9.47 Å². The Morgan fingerprint density at radius 3 is 2.64 bits per heavy atom. The first-order valence-electron chi connectivity index (χ1n) is 3.75. The van der Waals surface area contributed by atoms with Gasteiger partial charge in [-0.25, -0.2) is 0 Å². The molecule has 0 saturated carbocycles. The van der Waals surface area contributed by atoms with E-state index in [0.717, 1.165) is 6.42 Å². The van der Waals surface area contributed by atoms with Gasteiger partial charge in [-0.05, 0) is 6.42 Å². The third kappa shape index (κ3) is 8.07. The predicted octanol–water partition coefficient (Wildman–Crippen LogP) is 0.987. The molecule has 0 aliphatic rings. The number of hydrogen-bond donors (Lipinski definition) is 1. The van der Waals surface area contributed by atoms with E-state index in [1.807, 2.05) is 6.92 Å². The quantitative estimate of drug-likeness (QED) is 0.472. The number of ether oxygens (including phenoxy) is 2. The Kier molecular flexibility index (Phi) is 8.40. The minimum absolute atomic E-state index is 0.0537. The number of aliphatic hydroxyl groups excluding tert-OH is 1. The van der Waals surface area contributed by atoms with E-state index < -0.39 is 0 Å². The average Bonchev–Trinajstić information content (AvgIpc) is 2.04. The first kappa shape index (κ1) is 11.2. The molecule has 1 N–H and O–H groups in total. The second-order valence-electron chi connectivity index (χ2n) is 2.03. The highest BCUT2D eigenvalue weighted by atomic mass is 35.5. The molecule has 68 valence electrons. The second-order valence-corrected chi connectivity index (χ2v) is 2.51. The van der Waals surface area contributed by atoms with Crippen molar-refractivity contribution in [3.05, 3.63) is 0 Å². The predicted molar refractivity (Wildman–Crippen MR) is 43.8 cm³/mol. The first-order valence-corrected chi connectivity index (χ1v) is 4.19. The normalized spacial score (nSPS) is 13.4. The van der Waals surface area contributed by atoms with Crippen molar-refractivity contribution < 1.29 is 14.6 Å². The number of halogens is 1. The van der Waals surface area contributed by atoms with Crippen molar-refractivity contribution in [1.29, 1.82) is 0 Å². The Labute approximate surface area is 72.3 Å². The molecule has 0 aliphatic carbocycles. The molecule has 0 aromatic carbocycles. The van der Waals surface area contributed by atoms with Gasteiger partial charge in [0.1, 0.15) is 5.56 Å². The lowest BCUT2D eigenvalue weighted by molar-refractivity contribution is 0.0222. The summed E-state index contributed by atoms with van der Waals surface area (Å²) in [5, 5.41) is 8.33. The number of rotatable bonds is 7. The van der Waals surface area contributed by atoms with Gasteiger partial charge >= 0.3 is 0 Å². The molecule has 0 spiro atoms. The molecule has 0 amide bonds. The van der Waals surface area contributed by atoms with Crippen LogP contribution in [0.15, 0.2) is 0 Å². The van der Waals surface area contributed by atoms with Crippen LogP contribution in [0.5, 0.6) is 0 Å². The molecule has 0 heterocycles. The highest BCUT2D eigenvalue weighted by Crippen LogP contribution is 2.01. The summed E-state index contributed by atoms with van der Waals surface area (Å²) in [4.78, 5) is 0. The van der Waals surface area contributed by atoms with E-state index >= 15 is 0 Å². The summed E-state index contributed by atoms with van der Waals surface area (Å²) in [7, 11) is 0. The Morgan fingerprint density at radius 2 is 2.09 bits per heavy atom. The van der Waals surface area contributed by atoms with E-state index in [9.17, 15) is 0 Å². The maximum atomic E-state index is 8.33. The smallest absolute Gasteiger partial charge is 0.131 e. The molecule has 1 atom stereocenters. The number of aliphatic hydroxyl groups is 1. The van der Waals surface area contributed by atoms with Crippen molar-refractivity contribution in [1.82, 2.24) is 0 Å². The van der Waals surface area contributed by atoms with E-state index in [4.69, 9.17) is 26.2 Å². The molecule has 0 fully saturated rings. The van der Waals surface area contributed by atoms with E-state index in [-0.39, 0.29) is 12.2 Å². The number of alkyl halides is 1. The zero-order valence-electron chi connectivity index (χ0n) is 6.75. The highest BCUT2D eigenvalue weighted by molar-refractivity contribution is 6.19.